The Bertz CT molecular complexity index is 990. The number of aromatic amines is 2. The zero-order valence-corrected chi connectivity index (χ0v) is 12.2. The fourth-order valence-corrected chi connectivity index (χ4v) is 4.06. The maximum atomic E-state index is 12.8. The van der Waals surface area contributed by atoms with E-state index in [2.05, 4.69) is 15.2 Å². The van der Waals surface area contributed by atoms with E-state index in [1.54, 1.807) is 26.0 Å². The molecule has 8 nitrogen and oxygen atoms in total. The molecule has 1 aromatic carbocycles. The van der Waals surface area contributed by atoms with Crippen LogP contribution >= 0.6 is 0 Å². The van der Waals surface area contributed by atoms with E-state index in [4.69, 9.17) is 5.73 Å². The molecule has 4 N–H and O–H groups in total. The summed E-state index contributed by atoms with van der Waals surface area (Å²) in [5.74, 6) is 0. The Hall–Kier alpha value is -2.55. The molecule has 0 radical (unpaired) electrons. The summed E-state index contributed by atoms with van der Waals surface area (Å²) in [6.07, 6.45) is 0. The van der Waals surface area contributed by atoms with E-state index in [1.807, 2.05) is 0 Å². The number of anilines is 1. The van der Waals surface area contributed by atoms with Crippen molar-refractivity contribution in [2.24, 2.45) is 0 Å². The lowest BCUT2D eigenvalue weighted by molar-refractivity contribution is 0.586. The molecule has 0 spiro atoms. The van der Waals surface area contributed by atoms with Crippen LogP contribution in [-0.4, -0.2) is 27.6 Å². The van der Waals surface area contributed by atoms with Crippen molar-refractivity contribution in [3.63, 3.8) is 0 Å². The van der Waals surface area contributed by atoms with Gasteiger partial charge in [-0.1, -0.05) is 0 Å². The van der Waals surface area contributed by atoms with Gasteiger partial charge in [-0.15, -0.1) is 0 Å². The number of rotatable bonds is 2. The second-order valence-electron chi connectivity index (χ2n) is 4.74. The number of nitrogen functional groups attached to an aromatic ring is 1. The van der Waals surface area contributed by atoms with Crippen LogP contribution in [0.2, 0.25) is 0 Å². The van der Waals surface area contributed by atoms with E-state index in [0.717, 1.165) is 0 Å². The average molecular weight is 307 g/mol. The molecule has 9 heteroatoms. The third-order valence-electron chi connectivity index (χ3n) is 3.23. The molecule has 0 saturated carbocycles. The van der Waals surface area contributed by atoms with Gasteiger partial charge < -0.3 is 10.7 Å². The lowest BCUT2D eigenvalue weighted by atomic mass is 10.3. The molecule has 0 bridgehead atoms. The Morgan fingerprint density at radius 3 is 2.62 bits per heavy atom. The number of hydrogen-bond acceptors (Lipinski definition) is 5. The molecule has 0 aliphatic carbocycles. The maximum absolute atomic E-state index is 12.8. The minimum absolute atomic E-state index is 0.00655. The number of H-pyrrole nitrogens is 2. The SMILES string of the molecule is Cc1n[nH]c(C)c1S(=O)(=O)n1c(=O)[nH]c2ccc(N)cc21. The van der Waals surface area contributed by atoms with Crippen LogP contribution in [0.15, 0.2) is 27.9 Å². The van der Waals surface area contributed by atoms with Crippen LogP contribution in [0, 0.1) is 13.8 Å². The van der Waals surface area contributed by atoms with E-state index in [9.17, 15) is 13.2 Å². The molecule has 21 heavy (non-hydrogen) atoms. The highest BCUT2D eigenvalue weighted by Crippen LogP contribution is 2.23. The van der Waals surface area contributed by atoms with Crippen molar-refractivity contribution >= 4 is 26.7 Å². The standard InChI is InChI=1S/C12H13N5O3S/c1-6-11(7(2)16-15-6)21(19,20)17-10-5-8(13)3-4-9(10)14-12(17)18/h3-5H,13H2,1-2H3,(H,14,18)(H,15,16). The van der Waals surface area contributed by atoms with Gasteiger partial charge in [-0.25, -0.2) is 13.2 Å². The predicted molar refractivity (Wildman–Crippen MR) is 77.6 cm³/mol. The average Bonchev–Trinajstić information content (AvgIpc) is 2.88. The molecule has 0 atom stereocenters. The van der Waals surface area contributed by atoms with Gasteiger partial charge in [0.25, 0.3) is 10.0 Å². The molecule has 2 aromatic heterocycles. The minimum Gasteiger partial charge on any atom is -0.399 e. The van der Waals surface area contributed by atoms with Gasteiger partial charge in [0.1, 0.15) is 4.90 Å². The first-order chi connectivity index (χ1) is 9.82. The number of nitrogens with one attached hydrogen (secondary N) is 2. The Morgan fingerprint density at radius 2 is 2.00 bits per heavy atom. The van der Waals surface area contributed by atoms with Crippen molar-refractivity contribution < 1.29 is 8.42 Å². The van der Waals surface area contributed by atoms with E-state index >= 15 is 0 Å². The summed E-state index contributed by atoms with van der Waals surface area (Å²) in [5.41, 5.74) is 6.59. The Kier molecular flexibility index (Phi) is 2.70. The lowest BCUT2D eigenvalue weighted by Crippen LogP contribution is -2.25. The van der Waals surface area contributed by atoms with Gasteiger partial charge in [-0.05, 0) is 32.0 Å². The molecular weight excluding hydrogens is 294 g/mol. The molecule has 2 heterocycles. The first kappa shape index (κ1) is 13.4. The van der Waals surface area contributed by atoms with Crippen LogP contribution in [0.5, 0.6) is 0 Å². The Morgan fingerprint density at radius 1 is 1.29 bits per heavy atom. The molecule has 0 saturated heterocycles. The summed E-state index contributed by atoms with van der Waals surface area (Å²) in [7, 11) is -4.06. The number of hydrogen-bond donors (Lipinski definition) is 3. The molecular formula is C12H13N5O3S. The van der Waals surface area contributed by atoms with Crippen LogP contribution in [0.25, 0.3) is 11.0 Å². The van der Waals surface area contributed by atoms with E-state index in [-0.39, 0.29) is 10.4 Å². The van der Waals surface area contributed by atoms with Crippen molar-refractivity contribution in [2.45, 2.75) is 18.7 Å². The highest BCUT2D eigenvalue weighted by Gasteiger charge is 2.28. The van der Waals surface area contributed by atoms with Gasteiger partial charge >= 0.3 is 5.69 Å². The topological polar surface area (TPSA) is 127 Å². The molecule has 0 unspecified atom stereocenters. The smallest absolute Gasteiger partial charge is 0.340 e. The highest BCUT2D eigenvalue weighted by atomic mass is 32.2. The van der Waals surface area contributed by atoms with E-state index < -0.39 is 15.7 Å². The molecule has 3 aromatic rings. The summed E-state index contributed by atoms with van der Waals surface area (Å²) in [6, 6.07) is 4.59. The molecule has 0 fully saturated rings. The van der Waals surface area contributed by atoms with Crippen LogP contribution < -0.4 is 11.4 Å². The van der Waals surface area contributed by atoms with Crippen molar-refractivity contribution in [1.82, 2.24) is 19.2 Å². The Labute approximate surface area is 119 Å². The molecule has 0 aliphatic rings. The maximum Gasteiger partial charge on any atom is 0.340 e. The summed E-state index contributed by atoms with van der Waals surface area (Å²) >= 11 is 0. The summed E-state index contributed by atoms with van der Waals surface area (Å²) in [5, 5.41) is 6.47. The van der Waals surface area contributed by atoms with Gasteiger partial charge in [0.2, 0.25) is 0 Å². The molecule has 0 amide bonds. The number of imidazole rings is 1. The first-order valence-corrected chi connectivity index (χ1v) is 7.54. The van der Waals surface area contributed by atoms with E-state index in [0.29, 0.717) is 26.6 Å². The molecule has 0 aliphatic heterocycles. The zero-order chi connectivity index (χ0) is 15.4. The number of benzene rings is 1. The second-order valence-corrected chi connectivity index (χ2v) is 6.46. The summed E-state index contributed by atoms with van der Waals surface area (Å²) in [6.45, 7) is 3.14. The van der Waals surface area contributed by atoms with Gasteiger partial charge in [0.15, 0.2) is 0 Å². The second kappa shape index (κ2) is 4.22. The van der Waals surface area contributed by atoms with Crippen molar-refractivity contribution in [2.75, 3.05) is 5.73 Å². The van der Waals surface area contributed by atoms with Crippen LogP contribution in [0.1, 0.15) is 11.4 Å². The summed E-state index contributed by atoms with van der Waals surface area (Å²) in [4.78, 5) is 14.6. The van der Waals surface area contributed by atoms with Crippen LogP contribution in [0.3, 0.4) is 0 Å². The van der Waals surface area contributed by atoms with Crippen molar-refractivity contribution in [3.05, 3.63) is 40.1 Å². The Balaban J connectivity index is 2.42. The normalized spacial score (nSPS) is 12.1. The van der Waals surface area contributed by atoms with Gasteiger partial charge in [-0.2, -0.15) is 9.07 Å². The largest absolute Gasteiger partial charge is 0.399 e. The minimum atomic E-state index is -4.06. The number of nitrogens with two attached hydrogens (primary N) is 1. The van der Waals surface area contributed by atoms with Crippen molar-refractivity contribution in [3.8, 4) is 0 Å². The number of nitrogens with zero attached hydrogens (tertiary/aromatic N) is 2. The molecule has 110 valence electrons. The van der Waals surface area contributed by atoms with Gasteiger partial charge in [0.05, 0.1) is 22.4 Å². The van der Waals surface area contributed by atoms with Crippen LogP contribution in [-0.2, 0) is 10.0 Å². The summed E-state index contributed by atoms with van der Waals surface area (Å²) < 4.78 is 26.3. The quantitative estimate of drug-likeness (QED) is 0.594. The van der Waals surface area contributed by atoms with Gasteiger partial charge in [-0.3, -0.25) is 5.10 Å². The first-order valence-electron chi connectivity index (χ1n) is 6.10. The zero-order valence-electron chi connectivity index (χ0n) is 11.3. The number of aromatic nitrogens is 4. The monoisotopic (exact) mass is 307 g/mol. The predicted octanol–water partition coefficient (Wildman–Crippen LogP) is 0.489. The third kappa shape index (κ3) is 1.85. The van der Waals surface area contributed by atoms with Gasteiger partial charge in [0, 0.05) is 5.69 Å². The highest BCUT2D eigenvalue weighted by molar-refractivity contribution is 7.90. The third-order valence-corrected chi connectivity index (χ3v) is 5.19. The van der Waals surface area contributed by atoms with Crippen molar-refractivity contribution in [1.29, 1.82) is 0 Å². The molecule has 3 rings (SSSR count). The van der Waals surface area contributed by atoms with Crippen LogP contribution in [0.4, 0.5) is 5.69 Å². The lowest BCUT2D eigenvalue weighted by Gasteiger charge is -2.06. The fraction of sp³-hybridized carbons (Fsp3) is 0.167. The fourth-order valence-electron chi connectivity index (χ4n) is 2.35. The van der Waals surface area contributed by atoms with E-state index in [1.165, 1.54) is 6.07 Å². The number of fused-ring (bicyclic) bond motifs is 1. The number of aryl methyl sites for hydroxylation is 2.